The standard InChI is InChI=1S/C20H31N3O4/c1-5-20(6-2,14-21)19(25)23-11-9-22(10-12-23)18(24)15-7-8-16(26-3)17(13-15)27-4/h7-8,13H,5-6,9-12,14,21H2,1-4H3. The maximum atomic E-state index is 12.9. The van der Waals surface area contributed by atoms with E-state index in [4.69, 9.17) is 15.2 Å². The number of hydrogen-bond acceptors (Lipinski definition) is 5. The van der Waals surface area contributed by atoms with E-state index < -0.39 is 5.41 Å². The van der Waals surface area contributed by atoms with Crippen LogP contribution in [0.3, 0.4) is 0 Å². The average Bonchev–Trinajstić information content (AvgIpc) is 2.74. The molecule has 0 bridgehead atoms. The Morgan fingerprint density at radius 3 is 2.04 bits per heavy atom. The summed E-state index contributed by atoms with van der Waals surface area (Å²) >= 11 is 0. The second-order valence-corrected chi connectivity index (χ2v) is 6.85. The molecule has 150 valence electrons. The van der Waals surface area contributed by atoms with E-state index in [2.05, 4.69) is 0 Å². The minimum absolute atomic E-state index is 0.0703. The molecule has 27 heavy (non-hydrogen) atoms. The molecule has 0 aliphatic carbocycles. The fourth-order valence-corrected chi connectivity index (χ4v) is 3.53. The van der Waals surface area contributed by atoms with Crippen LogP contribution in [0.15, 0.2) is 18.2 Å². The zero-order valence-electron chi connectivity index (χ0n) is 16.8. The van der Waals surface area contributed by atoms with Gasteiger partial charge in [-0.05, 0) is 31.0 Å². The monoisotopic (exact) mass is 377 g/mol. The Bertz CT molecular complexity index is 657. The first kappa shape index (κ1) is 21.0. The Labute approximate surface area is 161 Å². The second kappa shape index (κ2) is 9.08. The number of nitrogens with zero attached hydrogens (tertiary/aromatic N) is 2. The number of carbonyl (C=O) groups is 2. The quantitative estimate of drug-likeness (QED) is 0.783. The molecule has 7 nitrogen and oxygen atoms in total. The predicted molar refractivity (Wildman–Crippen MR) is 104 cm³/mol. The van der Waals surface area contributed by atoms with Crippen molar-refractivity contribution in [3.05, 3.63) is 23.8 Å². The summed E-state index contributed by atoms with van der Waals surface area (Å²) < 4.78 is 10.5. The molecule has 1 aliphatic rings. The summed E-state index contributed by atoms with van der Waals surface area (Å²) in [4.78, 5) is 29.4. The molecule has 1 fully saturated rings. The van der Waals surface area contributed by atoms with Gasteiger partial charge in [-0.2, -0.15) is 0 Å². The van der Waals surface area contributed by atoms with Gasteiger partial charge in [0.25, 0.3) is 5.91 Å². The van der Waals surface area contributed by atoms with Crippen LogP contribution in [0.1, 0.15) is 37.0 Å². The molecular formula is C20H31N3O4. The van der Waals surface area contributed by atoms with Gasteiger partial charge in [-0.1, -0.05) is 13.8 Å². The van der Waals surface area contributed by atoms with E-state index in [1.54, 1.807) is 37.3 Å². The van der Waals surface area contributed by atoms with Crippen LogP contribution >= 0.6 is 0 Å². The van der Waals surface area contributed by atoms with Crippen molar-refractivity contribution < 1.29 is 19.1 Å². The third-order valence-electron chi connectivity index (χ3n) is 5.68. The van der Waals surface area contributed by atoms with Crippen molar-refractivity contribution in [3.63, 3.8) is 0 Å². The largest absolute Gasteiger partial charge is 0.493 e. The Morgan fingerprint density at radius 1 is 1.00 bits per heavy atom. The number of methoxy groups -OCH3 is 2. The van der Waals surface area contributed by atoms with Crippen LogP contribution in [0.2, 0.25) is 0 Å². The third-order valence-corrected chi connectivity index (χ3v) is 5.68. The van der Waals surface area contributed by atoms with Crippen molar-refractivity contribution in [1.29, 1.82) is 0 Å². The molecule has 0 unspecified atom stereocenters. The van der Waals surface area contributed by atoms with Gasteiger partial charge in [-0.15, -0.1) is 0 Å². The molecule has 0 atom stereocenters. The van der Waals surface area contributed by atoms with Crippen LogP contribution in [0, 0.1) is 5.41 Å². The lowest BCUT2D eigenvalue weighted by molar-refractivity contribution is -0.143. The average molecular weight is 377 g/mol. The lowest BCUT2D eigenvalue weighted by Gasteiger charge is -2.40. The van der Waals surface area contributed by atoms with Crippen molar-refractivity contribution in [1.82, 2.24) is 9.80 Å². The third kappa shape index (κ3) is 4.18. The van der Waals surface area contributed by atoms with Crippen LogP contribution < -0.4 is 15.2 Å². The lowest BCUT2D eigenvalue weighted by atomic mass is 9.81. The van der Waals surface area contributed by atoms with Gasteiger partial charge in [-0.25, -0.2) is 0 Å². The summed E-state index contributed by atoms with van der Waals surface area (Å²) in [7, 11) is 3.10. The van der Waals surface area contributed by atoms with E-state index in [9.17, 15) is 9.59 Å². The Hall–Kier alpha value is -2.28. The molecule has 1 aromatic carbocycles. The van der Waals surface area contributed by atoms with Crippen LogP contribution in [0.5, 0.6) is 11.5 Å². The molecule has 2 amide bonds. The Kier molecular flexibility index (Phi) is 7.07. The normalized spacial score (nSPS) is 14.9. The van der Waals surface area contributed by atoms with Gasteiger partial charge < -0.3 is 25.0 Å². The molecule has 1 saturated heterocycles. The highest BCUT2D eigenvalue weighted by atomic mass is 16.5. The van der Waals surface area contributed by atoms with Gasteiger partial charge in [0.15, 0.2) is 11.5 Å². The fourth-order valence-electron chi connectivity index (χ4n) is 3.53. The first-order valence-corrected chi connectivity index (χ1v) is 9.47. The Morgan fingerprint density at radius 2 is 1.56 bits per heavy atom. The SMILES string of the molecule is CCC(CC)(CN)C(=O)N1CCN(C(=O)c2ccc(OC)c(OC)c2)CC1. The molecular weight excluding hydrogens is 346 g/mol. The van der Waals surface area contributed by atoms with E-state index >= 15 is 0 Å². The maximum absolute atomic E-state index is 12.9. The summed E-state index contributed by atoms with van der Waals surface area (Å²) in [6.07, 6.45) is 1.45. The van der Waals surface area contributed by atoms with Crippen LogP contribution in [-0.2, 0) is 4.79 Å². The Balaban J connectivity index is 2.05. The number of carbonyl (C=O) groups excluding carboxylic acids is 2. The van der Waals surface area contributed by atoms with Gasteiger partial charge >= 0.3 is 0 Å². The fraction of sp³-hybridized carbons (Fsp3) is 0.600. The molecule has 7 heteroatoms. The number of ether oxygens (including phenoxy) is 2. The highest BCUT2D eigenvalue weighted by molar-refractivity contribution is 5.95. The molecule has 1 aliphatic heterocycles. The topological polar surface area (TPSA) is 85.1 Å². The molecule has 0 radical (unpaired) electrons. The van der Waals surface area contributed by atoms with E-state index in [0.29, 0.717) is 49.8 Å². The molecule has 1 aromatic rings. The number of rotatable bonds is 7. The smallest absolute Gasteiger partial charge is 0.254 e. The van der Waals surface area contributed by atoms with E-state index in [0.717, 1.165) is 12.8 Å². The van der Waals surface area contributed by atoms with Crippen molar-refractivity contribution in [3.8, 4) is 11.5 Å². The van der Waals surface area contributed by atoms with Crippen LogP contribution in [-0.4, -0.2) is 68.6 Å². The number of amides is 2. The minimum Gasteiger partial charge on any atom is -0.493 e. The van der Waals surface area contributed by atoms with Crippen LogP contribution in [0.25, 0.3) is 0 Å². The molecule has 2 rings (SSSR count). The number of benzene rings is 1. The van der Waals surface area contributed by atoms with Gasteiger partial charge in [-0.3, -0.25) is 9.59 Å². The van der Waals surface area contributed by atoms with Gasteiger partial charge in [0, 0.05) is 38.3 Å². The molecule has 0 aromatic heterocycles. The number of piperazine rings is 1. The summed E-state index contributed by atoms with van der Waals surface area (Å²) in [5.41, 5.74) is 5.96. The first-order valence-electron chi connectivity index (χ1n) is 9.47. The number of nitrogens with two attached hydrogens (primary N) is 1. The van der Waals surface area contributed by atoms with Crippen LogP contribution in [0.4, 0.5) is 0 Å². The highest BCUT2D eigenvalue weighted by Crippen LogP contribution is 2.30. The summed E-state index contributed by atoms with van der Waals surface area (Å²) in [6, 6.07) is 5.14. The first-order chi connectivity index (χ1) is 13.0. The predicted octanol–water partition coefficient (Wildman–Crippen LogP) is 1.75. The van der Waals surface area contributed by atoms with Gasteiger partial charge in [0.05, 0.1) is 19.6 Å². The maximum Gasteiger partial charge on any atom is 0.254 e. The second-order valence-electron chi connectivity index (χ2n) is 6.85. The number of hydrogen-bond donors (Lipinski definition) is 1. The summed E-state index contributed by atoms with van der Waals surface area (Å²) in [6.45, 7) is 6.43. The highest BCUT2D eigenvalue weighted by Gasteiger charge is 2.38. The van der Waals surface area contributed by atoms with Crippen molar-refractivity contribution in [2.45, 2.75) is 26.7 Å². The van der Waals surface area contributed by atoms with Gasteiger partial charge in [0.1, 0.15) is 0 Å². The molecule has 0 saturated carbocycles. The van der Waals surface area contributed by atoms with E-state index in [1.807, 2.05) is 18.7 Å². The minimum atomic E-state index is -0.491. The lowest BCUT2D eigenvalue weighted by Crippen LogP contribution is -2.55. The zero-order valence-corrected chi connectivity index (χ0v) is 16.8. The van der Waals surface area contributed by atoms with Crippen molar-refractivity contribution in [2.24, 2.45) is 11.1 Å². The molecule has 1 heterocycles. The van der Waals surface area contributed by atoms with Gasteiger partial charge in [0.2, 0.25) is 5.91 Å². The zero-order chi connectivity index (χ0) is 20.0. The van der Waals surface area contributed by atoms with Crippen molar-refractivity contribution in [2.75, 3.05) is 46.9 Å². The van der Waals surface area contributed by atoms with E-state index in [-0.39, 0.29) is 11.8 Å². The van der Waals surface area contributed by atoms with Crippen molar-refractivity contribution >= 4 is 11.8 Å². The van der Waals surface area contributed by atoms with E-state index in [1.165, 1.54) is 0 Å². The molecule has 0 spiro atoms. The summed E-state index contributed by atoms with van der Waals surface area (Å²) in [5.74, 6) is 1.14. The summed E-state index contributed by atoms with van der Waals surface area (Å²) in [5, 5.41) is 0. The molecule has 2 N–H and O–H groups in total.